The number of hydrogen-bond acceptors (Lipinski definition) is 4. The molecule has 0 aliphatic rings. The molecular weight excluding hydrogens is 432 g/mol. The predicted octanol–water partition coefficient (Wildman–Crippen LogP) is 5.19. The zero-order valence-electron chi connectivity index (χ0n) is 16.0. The highest BCUT2D eigenvalue weighted by Gasteiger charge is 2.09. The quantitative estimate of drug-likeness (QED) is 0.377. The molecule has 0 unspecified atom stereocenters. The van der Waals surface area contributed by atoms with E-state index in [0.717, 1.165) is 11.1 Å². The van der Waals surface area contributed by atoms with Crippen LogP contribution in [0.25, 0.3) is 0 Å². The van der Waals surface area contributed by atoms with Crippen LogP contribution in [0, 0.1) is 0 Å². The first kappa shape index (κ1) is 20.6. The van der Waals surface area contributed by atoms with E-state index in [2.05, 4.69) is 26.5 Å². The molecule has 3 aromatic rings. The molecule has 3 aromatic carbocycles. The fourth-order valence-electron chi connectivity index (χ4n) is 2.60. The van der Waals surface area contributed by atoms with Crippen LogP contribution in [-0.4, -0.2) is 18.7 Å². The third-order valence-corrected chi connectivity index (χ3v) is 4.69. The fraction of sp³-hybridized carbons (Fsp3) is 0.130. The van der Waals surface area contributed by atoms with Gasteiger partial charge in [0.1, 0.15) is 6.61 Å². The molecule has 1 N–H and O–H groups in total. The normalized spacial score (nSPS) is 10.7. The molecule has 0 spiro atoms. The summed E-state index contributed by atoms with van der Waals surface area (Å²) in [5.74, 6) is 0.996. The van der Waals surface area contributed by atoms with Gasteiger partial charge in [0.25, 0.3) is 5.91 Å². The molecule has 3 rings (SSSR count). The molecule has 0 saturated carbocycles. The Balaban J connectivity index is 1.66. The molecule has 0 heterocycles. The van der Waals surface area contributed by atoms with Gasteiger partial charge in [-0.2, -0.15) is 5.10 Å². The maximum absolute atomic E-state index is 12.2. The Morgan fingerprint density at radius 3 is 2.52 bits per heavy atom. The molecule has 0 aliphatic heterocycles. The first-order valence-corrected chi connectivity index (χ1v) is 9.98. The summed E-state index contributed by atoms with van der Waals surface area (Å²) < 4.78 is 12.3. The van der Waals surface area contributed by atoms with E-state index in [0.29, 0.717) is 34.7 Å². The Labute approximate surface area is 178 Å². The van der Waals surface area contributed by atoms with Crippen molar-refractivity contribution in [3.05, 3.63) is 94.0 Å². The Hall–Kier alpha value is -3.12. The van der Waals surface area contributed by atoms with Crippen molar-refractivity contribution in [2.75, 3.05) is 6.61 Å². The zero-order chi connectivity index (χ0) is 20.5. The lowest BCUT2D eigenvalue weighted by atomic mass is 10.2. The van der Waals surface area contributed by atoms with Gasteiger partial charge in [-0.25, -0.2) is 5.43 Å². The van der Waals surface area contributed by atoms with Gasteiger partial charge in [0.2, 0.25) is 0 Å². The minimum absolute atomic E-state index is 0.290. The number of benzene rings is 3. The fourth-order valence-corrected chi connectivity index (χ4v) is 3.06. The van der Waals surface area contributed by atoms with E-state index in [1.54, 1.807) is 24.4 Å². The lowest BCUT2D eigenvalue weighted by Gasteiger charge is -2.12. The smallest absolute Gasteiger partial charge is 0.272 e. The maximum atomic E-state index is 12.2. The SMILES string of the molecule is CCOc1cc(/C=N/NC(=O)c2ccccc2Br)ccc1OCc1ccccc1. The summed E-state index contributed by atoms with van der Waals surface area (Å²) in [6, 6.07) is 22.6. The van der Waals surface area contributed by atoms with Gasteiger partial charge in [0.05, 0.1) is 18.4 Å². The third-order valence-electron chi connectivity index (χ3n) is 4.00. The Kier molecular flexibility index (Phi) is 7.41. The standard InChI is InChI=1S/C23H21BrN2O3/c1-2-28-22-14-18(12-13-21(22)29-16-17-8-4-3-5-9-17)15-25-26-23(27)19-10-6-7-11-20(19)24/h3-15H,2,16H2,1H3,(H,26,27)/b25-15+. The summed E-state index contributed by atoms with van der Waals surface area (Å²) in [6.45, 7) is 2.89. The molecule has 0 aromatic heterocycles. The number of ether oxygens (including phenoxy) is 2. The Bertz CT molecular complexity index is 990. The molecule has 0 aliphatic carbocycles. The summed E-state index contributed by atoms with van der Waals surface area (Å²) in [5, 5.41) is 4.04. The highest BCUT2D eigenvalue weighted by molar-refractivity contribution is 9.10. The lowest BCUT2D eigenvalue weighted by Crippen LogP contribution is -2.18. The highest BCUT2D eigenvalue weighted by atomic mass is 79.9. The van der Waals surface area contributed by atoms with Crippen molar-refractivity contribution >= 4 is 28.1 Å². The maximum Gasteiger partial charge on any atom is 0.272 e. The average molecular weight is 453 g/mol. The highest BCUT2D eigenvalue weighted by Crippen LogP contribution is 2.29. The molecule has 148 valence electrons. The number of carbonyl (C=O) groups is 1. The number of hydrogen-bond donors (Lipinski definition) is 1. The van der Waals surface area contributed by atoms with Crippen molar-refractivity contribution in [2.24, 2.45) is 5.10 Å². The van der Waals surface area contributed by atoms with Crippen LogP contribution in [0.3, 0.4) is 0 Å². The summed E-state index contributed by atoms with van der Waals surface area (Å²) in [6.07, 6.45) is 1.57. The van der Waals surface area contributed by atoms with Gasteiger partial charge < -0.3 is 9.47 Å². The summed E-state index contributed by atoms with van der Waals surface area (Å²) in [4.78, 5) is 12.2. The second kappa shape index (κ2) is 10.4. The number of halogens is 1. The summed E-state index contributed by atoms with van der Waals surface area (Å²) >= 11 is 3.36. The van der Waals surface area contributed by atoms with Crippen molar-refractivity contribution in [3.8, 4) is 11.5 Å². The number of carbonyl (C=O) groups excluding carboxylic acids is 1. The monoisotopic (exact) mass is 452 g/mol. The molecule has 29 heavy (non-hydrogen) atoms. The van der Waals surface area contributed by atoms with Gasteiger partial charge in [-0.05, 0) is 64.3 Å². The Morgan fingerprint density at radius 1 is 1.00 bits per heavy atom. The number of nitrogens with zero attached hydrogens (tertiary/aromatic N) is 1. The van der Waals surface area contributed by atoms with Gasteiger partial charge in [-0.3, -0.25) is 4.79 Å². The van der Waals surface area contributed by atoms with Gasteiger partial charge in [-0.1, -0.05) is 42.5 Å². The number of nitrogens with one attached hydrogen (secondary N) is 1. The van der Waals surface area contributed by atoms with Gasteiger partial charge in [0, 0.05) is 4.47 Å². The van der Waals surface area contributed by atoms with Gasteiger partial charge in [-0.15, -0.1) is 0 Å². The van der Waals surface area contributed by atoms with Gasteiger partial charge >= 0.3 is 0 Å². The van der Waals surface area contributed by atoms with Crippen LogP contribution >= 0.6 is 15.9 Å². The first-order valence-electron chi connectivity index (χ1n) is 9.19. The van der Waals surface area contributed by atoms with Crippen LogP contribution in [0.1, 0.15) is 28.4 Å². The predicted molar refractivity (Wildman–Crippen MR) is 118 cm³/mol. The van der Waals surface area contributed by atoms with Crippen molar-refractivity contribution in [1.82, 2.24) is 5.43 Å². The lowest BCUT2D eigenvalue weighted by molar-refractivity contribution is 0.0954. The first-order chi connectivity index (χ1) is 14.2. The minimum Gasteiger partial charge on any atom is -0.490 e. The van der Waals surface area contributed by atoms with E-state index < -0.39 is 0 Å². The summed E-state index contributed by atoms with van der Waals surface area (Å²) in [7, 11) is 0. The molecule has 0 bridgehead atoms. The van der Waals surface area contributed by atoms with Crippen molar-refractivity contribution in [2.45, 2.75) is 13.5 Å². The minimum atomic E-state index is -0.290. The van der Waals surface area contributed by atoms with Crippen LogP contribution in [0.15, 0.2) is 82.4 Å². The summed E-state index contributed by atoms with van der Waals surface area (Å²) in [5.41, 5.74) is 4.91. The van der Waals surface area contributed by atoms with Crippen molar-refractivity contribution in [3.63, 3.8) is 0 Å². The number of amides is 1. The van der Waals surface area contributed by atoms with E-state index in [4.69, 9.17) is 9.47 Å². The molecule has 1 amide bonds. The molecule has 5 nitrogen and oxygen atoms in total. The number of hydrazone groups is 1. The van der Waals surface area contributed by atoms with E-state index in [1.165, 1.54) is 0 Å². The second-order valence-corrected chi connectivity index (χ2v) is 6.95. The largest absolute Gasteiger partial charge is 0.490 e. The van der Waals surface area contributed by atoms with Crippen LogP contribution in [0.4, 0.5) is 0 Å². The van der Waals surface area contributed by atoms with Crippen LogP contribution in [0.2, 0.25) is 0 Å². The van der Waals surface area contributed by atoms with E-state index >= 15 is 0 Å². The molecule has 0 radical (unpaired) electrons. The van der Waals surface area contributed by atoms with E-state index in [1.807, 2.05) is 61.5 Å². The molecule has 0 saturated heterocycles. The topological polar surface area (TPSA) is 59.9 Å². The van der Waals surface area contributed by atoms with Crippen molar-refractivity contribution < 1.29 is 14.3 Å². The molecular formula is C23H21BrN2O3. The van der Waals surface area contributed by atoms with Crippen LogP contribution in [0.5, 0.6) is 11.5 Å². The zero-order valence-corrected chi connectivity index (χ0v) is 17.6. The average Bonchev–Trinajstić information content (AvgIpc) is 2.74. The number of rotatable bonds is 8. The Morgan fingerprint density at radius 2 is 1.76 bits per heavy atom. The second-order valence-electron chi connectivity index (χ2n) is 6.09. The third kappa shape index (κ3) is 5.93. The molecule has 0 atom stereocenters. The molecule has 6 heteroatoms. The van der Waals surface area contributed by atoms with E-state index in [-0.39, 0.29) is 5.91 Å². The van der Waals surface area contributed by atoms with E-state index in [9.17, 15) is 4.79 Å². The van der Waals surface area contributed by atoms with Gasteiger partial charge in [0.15, 0.2) is 11.5 Å². The molecule has 0 fully saturated rings. The van der Waals surface area contributed by atoms with Crippen LogP contribution in [-0.2, 0) is 6.61 Å². The van der Waals surface area contributed by atoms with Crippen LogP contribution < -0.4 is 14.9 Å². The van der Waals surface area contributed by atoms with Crippen molar-refractivity contribution in [1.29, 1.82) is 0 Å².